The SMILES string of the molecule is Fc1cc(Cl)c(NCC2Cc3cc(F)ccc3O2)c(Br)c1. The second-order valence-electron chi connectivity index (χ2n) is 4.82. The van der Waals surface area contributed by atoms with Crippen molar-refractivity contribution < 1.29 is 13.5 Å². The number of hydrogen-bond donors (Lipinski definition) is 1. The summed E-state index contributed by atoms with van der Waals surface area (Å²) in [6.07, 6.45) is 0.506. The molecule has 0 aliphatic carbocycles. The molecule has 0 bridgehead atoms. The van der Waals surface area contributed by atoms with Gasteiger partial charge in [-0.2, -0.15) is 0 Å². The topological polar surface area (TPSA) is 21.3 Å². The number of hydrogen-bond acceptors (Lipinski definition) is 2. The fourth-order valence-corrected chi connectivity index (χ4v) is 3.29. The number of halogens is 4. The summed E-state index contributed by atoms with van der Waals surface area (Å²) in [6.45, 7) is 0.486. The van der Waals surface area contributed by atoms with Crippen molar-refractivity contribution in [3.63, 3.8) is 0 Å². The van der Waals surface area contributed by atoms with Crippen LogP contribution in [0, 0.1) is 11.6 Å². The van der Waals surface area contributed by atoms with Crippen LogP contribution >= 0.6 is 27.5 Å². The van der Waals surface area contributed by atoms with E-state index in [1.165, 1.54) is 24.3 Å². The van der Waals surface area contributed by atoms with Crippen LogP contribution in [0.25, 0.3) is 0 Å². The number of ether oxygens (including phenoxy) is 1. The van der Waals surface area contributed by atoms with Gasteiger partial charge in [0.1, 0.15) is 23.5 Å². The Hall–Kier alpha value is -1.33. The molecular weight excluding hydrogens is 364 g/mol. The van der Waals surface area contributed by atoms with E-state index < -0.39 is 5.82 Å². The quantitative estimate of drug-likeness (QED) is 0.833. The number of fused-ring (bicyclic) bond motifs is 1. The molecule has 21 heavy (non-hydrogen) atoms. The predicted octanol–water partition coefficient (Wildman–Crippen LogP) is 4.80. The van der Waals surface area contributed by atoms with E-state index in [0.29, 0.717) is 33.9 Å². The molecule has 0 aromatic heterocycles. The van der Waals surface area contributed by atoms with Gasteiger partial charge in [-0.25, -0.2) is 8.78 Å². The maximum atomic E-state index is 13.2. The summed E-state index contributed by atoms with van der Waals surface area (Å²) in [4.78, 5) is 0. The number of nitrogens with one attached hydrogen (secondary N) is 1. The Labute approximate surface area is 134 Å². The average molecular weight is 375 g/mol. The van der Waals surface area contributed by atoms with Gasteiger partial charge in [0.15, 0.2) is 0 Å². The van der Waals surface area contributed by atoms with Crippen molar-refractivity contribution >= 4 is 33.2 Å². The minimum Gasteiger partial charge on any atom is -0.488 e. The lowest BCUT2D eigenvalue weighted by Crippen LogP contribution is -2.24. The van der Waals surface area contributed by atoms with Crippen LogP contribution in [0.1, 0.15) is 5.56 Å². The van der Waals surface area contributed by atoms with Crippen LogP contribution in [0.15, 0.2) is 34.8 Å². The van der Waals surface area contributed by atoms with Crippen LogP contribution in [0.4, 0.5) is 14.5 Å². The standard InChI is InChI=1S/C15H11BrClF2NO/c16-12-5-10(19)6-13(17)15(12)20-7-11-4-8-3-9(18)1-2-14(8)21-11/h1-3,5-6,11,20H,4,7H2. The van der Waals surface area contributed by atoms with Gasteiger partial charge in [-0.3, -0.25) is 0 Å². The maximum absolute atomic E-state index is 13.2. The Morgan fingerprint density at radius 2 is 2.05 bits per heavy atom. The van der Waals surface area contributed by atoms with Crippen molar-refractivity contribution in [2.24, 2.45) is 0 Å². The van der Waals surface area contributed by atoms with Gasteiger partial charge >= 0.3 is 0 Å². The summed E-state index contributed by atoms with van der Waals surface area (Å²) in [5.41, 5.74) is 1.47. The summed E-state index contributed by atoms with van der Waals surface area (Å²) in [5.74, 6) is 0.0279. The molecule has 1 unspecified atom stereocenters. The lowest BCUT2D eigenvalue weighted by Gasteiger charge is -2.15. The van der Waals surface area contributed by atoms with Crippen LogP contribution in [-0.4, -0.2) is 12.6 Å². The molecular formula is C15H11BrClF2NO. The van der Waals surface area contributed by atoms with Crippen molar-refractivity contribution in [3.8, 4) is 5.75 Å². The molecule has 6 heteroatoms. The smallest absolute Gasteiger partial charge is 0.125 e. The van der Waals surface area contributed by atoms with Crippen molar-refractivity contribution in [3.05, 3.63) is 57.0 Å². The van der Waals surface area contributed by atoms with Crippen molar-refractivity contribution in [2.75, 3.05) is 11.9 Å². The first-order valence-electron chi connectivity index (χ1n) is 6.36. The van der Waals surface area contributed by atoms with Crippen molar-refractivity contribution in [1.29, 1.82) is 0 Å². The molecule has 1 aliphatic rings. The van der Waals surface area contributed by atoms with Gasteiger partial charge in [-0.1, -0.05) is 11.6 Å². The van der Waals surface area contributed by atoms with Crippen molar-refractivity contribution in [2.45, 2.75) is 12.5 Å². The monoisotopic (exact) mass is 373 g/mol. The molecule has 0 saturated carbocycles. The summed E-state index contributed by atoms with van der Waals surface area (Å²) in [5, 5.41) is 3.43. The van der Waals surface area contributed by atoms with Gasteiger partial charge in [-0.05, 0) is 46.3 Å². The first kappa shape index (κ1) is 14.6. The number of rotatable bonds is 3. The molecule has 2 aromatic rings. The molecule has 0 fully saturated rings. The summed E-state index contributed by atoms with van der Waals surface area (Å²) in [7, 11) is 0. The zero-order valence-corrected chi connectivity index (χ0v) is 13.1. The summed E-state index contributed by atoms with van der Waals surface area (Å²) in [6, 6.07) is 7.08. The zero-order valence-electron chi connectivity index (χ0n) is 10.8. The summed E-state index contributed by atoms with van der Waals surface area (Å²) < 4.78 is 32.6. The second-order valence-corrected chi connectivity index (χ2v) is 6.08. The minimum atomic E-state index is -0.405. The Bertz CT molecular complexity index is 672. The van der Waals surface area contributed by atoms with E-state index in [1.54, 1.807) is 6.07 Å². The molecule has 110 valence electrons. The third kappa shape index (κ3) is 3.14. The molecule has 2 aromatic carbocycles. The molecule has 1 aliphatic heterocycles. The average Bonchev–Trinajstić information content (AvgIpc) is 2.79. The fourth-order valence-electron chi connectivity index (χ4n) is 2.33. The Morgan fingerprint density at radius 3 is 2.81 bits per heavy atom. The van der Waals surface area contributed by atoms with E-state index in [1.807, 2.05) is 0 Å². The van der Waals surface area contributed by atoms with Crippen LogP contribution in [0.3, 0.4) is 0 Å². The van der Waals surface area contributed by atoms with Crippen LogP contribution in [0.5, 0.6) is 5.75 Å². The highest BCUT2D eigenvalue weighted by atomic mass is 79.9. The lowest BCUT2D eigenvalue weighted by atomic mass is 10.1. The number of benzene rings is 2. The van der Waals surface area contributed by atoms with Crippen molar-refractivity contribution in [1.82, 2.24) is 0 Å². The van der Waals surface area contributed by atoms with E-state index in [0.717, 1.165) is 5.56 Å². The molecule has 3 rings (SSSR count). The maximum Gasteiger partial charge on any atom is 0.125 e. The molecule has 0 saturated heterocycles. The van der Waals surface area contributed by atoms with Crippen LogP contribution in [-0.2, 0) is 6.42 Å². The molecule has 0 radical (unpaired) electrons. The molecule has 0 amide bonds. The van der Waals surface area contributed by atoms with Gasteiger partial charge in [0.05, 0.1) is 17.3 Å². The van der Waals surface area contributed by atoms with Gasteiger partial charge in [0.25, 0.3) is 0 Å². The highest BCUT2D eigenvalue weighted by Gasteiger charge is 2.23. The van der Waals surface area contributed by atoms with E-state index in [-0.39, 0.29) is 11.9 Å². The predicted molar refractivity (Wildman–Crippen MR) is 82.1 cm³/mol. The minimum absolute atomic E-state index is 0.116. The van der Waals surface area contributed by atoms with Gasteiger partial charge in [0.2, 0.25) is 0 Å². The summed E-state index contributed by atoms with van der Waals surface area (Å²) >= 11 is 9.28. The van der Waals surface area contributed by atoms with Crippen LogP contribution < -0.4 is 10.1 Å². The third-order valence-corrected chi connectivity index (χ3v) is 4.20. The fraction of sp³-hybridized carbons (Fsp3) is 0.200. The first-order chi connectivity index (χ1) is 10.0. The Kier molecular flexibility index (Phi) is 4.04. The molecule has 0 spiro atoms. The number of anilines is 1. The van der Waals surface area contributed by atoms with E-state index >= 15 is 0 Å². The van der Waals surface area contributed by atoms with E-state index in [4.69, 9.17) is 16.3 Å². The zero-order chi connectivity index (χ0) is 15.0. The largest absolute Gasteiger partial charge is 0.488 e. The van der Waals surface area contributed by atoms with Gasteiger partial charge in [0, 0.05) is 16.5 Å². The van der Waals surface area contributed by atoms with Crippen LogP contribution in [0.2, 0.25) is 5.02 Å². The molecule has 1 N–H and O–H groups in total. The van der Waals surface area contributed by atoms with E-state index in [2.05, 4.69) is 21.2 Å². The highest BCUT2D eigenvalue weighted by Crippen LogP contribution is 2.33. The second kappa shape index (κ2) is 5.81. The van der Waals surface area contributed by atoms with Gasteiger partial charge in [-0.15, -0.1) is 0 Å². The van der Waals surface area contributed by atoms with Gasteiger partial charge < -0.3 is 10.1 Å². The lowest BCUT2D eigenvalue weighted by molar-refractivity contribution is 0.246. The third-order valence-electron chi connectivity index (χ3n) is 3.28. The molecule has 1 heterocycles. The molecule has 2 nitrogen and oxygen atoms in total. The molecule has 1 atom stereocenters. The highest BCUT2D eigenvalue weighted by molar-refractivity contribution is 9.10. The van der Waals surface area contributed by atoms with E-state index in [9.17, 15) is 8.78 Å². The first-order valence-corrected chi connectivity index (χ1v) is 7.53. The normalized spacial score (nSPS) is 16.5. The Balaban J connectivity index is 1.68. The Morgan fingerprint density at radius 1 is 1.24 bits per heavy atom.